The zero-order valence-corrected chi connectivity index (χ0v) is 19.5. The van der Waals surface area contributed by atoms with E-state index >= 15 is 0 Å². The molecule has 1 saturated heterocycles. The molecule has 1 fully saturated rings. The molecule has 0 bridgehead atoms. The van der Waals surface area contributed by atoms with Crippen molar-refractivity contribution < 1.29 is 4.74 Å². The van der Waals surface area contributed by atoms with Crippen molar-refractivity contribution in [2.45, 2.75) is 13.5 Å². The van der Waals surface area contributed by atoms with E-state index in [0.29, 0.717) is 11.4 Å². The lowest BCUT2D eigenvalue weighted by molar-refractivity contribution is 0.122. The van der Waals surface area contributed by atoms with Gasteiger partial charge < -0.3 is 14.2 Å². The number of aromatic amines is 2. The third-order valence-corrected chi connectivity index (χ3v) is 6.62. The van der Waals surface area contributed by atoms with Gasteiger partial charge in [-0.3, -0.25) is 15.0 Å². The van der Waals surface area contributed by atoms with Crippen molar-refractivity contribution in [3.8, 4) is 11.3 Å². The van der Waals surface area contributed by atoms with Gasteiger partial charge in [0.2, 0.25) is 0 Å². The van der Waals surface area contributed by atoms with Crippen molar-refractivity contribution in [3.63, 3.8) is 0 Å². The zero-order chi connectivity index (χ0) is 23.8. The first kappa shape index (κ1) is 21.4. The SMILES string of the molecule is CCn1c2ccccc2c2cc(N=Nc3c(-c4ccc(N5CCOCC5)cc4)[nH][nH]c3=O)ccc21. The minimum atomic E-state index is -0.301. The van der Waals surface area contributed by atoms with Crippen molar-refractivity contribution in [2.75, 3.05) is 31.2 Å². The first-order valence-corrected chi connectivity index (χ1v) is 11.9. The van der Waals surface area contributed by atoms with Gasteiger partial charge >= 0.3 is 0 Å². The maximum Gasteiger partial charge on any atom is 0.292 e. The number of nitrogens with one attached hydrogen (secondary N) is 2. The van der Waals surface area contributed by atoms with Crippen LogP contribution >= 0.6 is 0 Å². The van der Waals surface area contributed by atoms with Crippen molar-refractivity contribution in [3.05, 3.63) is 77.1 Å². The van der Waals surface area contributed by atoms with E-state index in [-0.39, 0.29) is 11.2 Å². The lowest BCUT2D eigenvalue weighted by atomic mass is 10.1. The molecule has 0 amide bonds. The summed E-state index contributed by atoms with van der Waals surface area (Å²) in [6, 6.07) is 22.5. The van der Waals surface area contributed by atoms with Crippen LogP contribution in [-0.4, -0.2) is 41.1 Å². The third kappa shape index (κ3) is 3.81. The Bertz CT molecular complexity index is 1590. The topological polar surface area (TPSA) is 90.8 Å². The number of morpholine rings is 1. The van der Waals surface area contributed by atoms with Crippen LogP contribution in [0, 0.1) is 0 Å². The number of rotatable bonds is 5. The Balaban J connectivity index is 1.33. The summed E-state index contributed by atoms with van der Waals surface area (Å²) in [5.41, 5.74) is 5.65. The van der Waals surface area contributed by atoms with Crippen LogP contribution in [-0.2, 0) is 11.3 Å². The highest BCUT2D eigenvalue weighted by atomic mass is 16.5. The standard InChI is InChI=1S/C27H26N6O2/c1-2-33-23-6-4-3-5-21(23)22-17-19(9-12-24(22)33)28-30-26-25(29-31-27(26)34)18-7-10-20(11-8-18)32-13-15-35-16-14-32/h3-12,17H,2,13-16H2,1H3,(H2,29,31,34). The molecule has 0 unspecified atom stereocenters. The summed E-state index contributed by atoms with van der Waals surface area (Å²) >= 11 is 0. The minimum absolute atomic E-state index is 0.264. The second-order valence-electron chi connectivity index (χ2n) is 8.61. The van der Waals surface area contributed by atoms with Crippen LogP contribution < -0.4 is 10.5 Å². The number of fused-ring (bicyclic) bond motifs is 3. The number of hydrogen-bond acceptors (Lipinski definition) is 5. The Morgan fingerprint density at radius 2 is 1.66 bits per heavy atom. The Morgan fingerprint density at radius 3 is 2.46 bits per heavy atom. The molecule has 1 aliphatic heterocycles. The Morgan fingerprint density at radius 1 is 0.886 bits per heavy atom. The maximum atomic E-state index is 12.5. The molecule has 35 heavy (non-hydrogen) atoms. The maximum absolute atomic E-state index is 12.5. The predicted molar refractivity (Wildman–Crippen MR) is 139 cm³/mol. The number of aromatic nitrogens is 3. The Kier molecular flexibility index (Phi) is 5.42. The van der Waals surface area contributed by atoms with Gasteiger partial charge in [0.05, 0.1) is 24.6 Å². The van der Waals surface area contributed by atoms with E-state index in [1.807, 2.05) is 30.3 Å². The molecule has 3 aromatic carbocycles. The number of azo groups is 1. The molecule has 0 radical (unpaired) electrons. The van der Waals surface area contributed by atoms with Gasteiger partial charge in [-0.2, -0.15) is 5.11 Å². The molecule has 2 aromatic heterocycles. The largest absolute Gasteiger partial charge is 0.378 e. The van der Waals surface area contributed by atoms with Crippen molar-refractivity contribution in [2.24, 2.45) is 10.2 Å². The lowest BCUT2D eigenvalue weighted by Crippen LogP contribution is -2.36. The Labute approximate surface area is 201 Å². The summed E-state index contributed by atoms with van der Waals surface area (Å²) in [7, 11) is 0. The summed E-state index contributed by atoms with van der Waals surface area (Å²) in [4.78, 5) is 14.8. The van der Waals surface area contributed by atoms with Crippen molar-refractivity contribution in [1.82, 2.24) is 14.8 Å². The third-order valence-electron chi connectivity index (χ3n) is 6.62. The fourth-order valence-corrected chi connectivity index (χ4v) is 4.87. The number of hydrogen-bond donors (Lipinski definition) is 2. The lowest BCUT2D eigenvalue weighted by Gasteiger charge is -2.28. The van der Waals surface area contributed by atoms with Gasteiger partial charge in [0.15, 0.2) is 5.69 Å². The quantitative estimate of drug-likeness (QED) is 0.323. The highest BCUT2D eigenvalue weighted by Gasteiger charge is 2.15. The summed E-state index contributed by atoms with van der Waals surface area (Å²) in [5, 5.41) is 16.7. The first-order chi connectivity index (χ1) is 17.2. The first-order valence-electron chi connectivity index (χ1n) is 11.9. The van der Waals surface area contributed by atoms with Crippen LogP contribution in [0.2, 0.25) is 0 Å². The van der Waals surface area contributed by atoms with Gasteiger partial charge in [0, 0.05) is 52.7 Å². The molecule has 0 atom stereocenters. The molecular weight excluding hydrogens is 440 g/mol. The van der Waals surface area contributed by atoms with Crippen LogP contribution in [0.3, 0.4) is 0 Å². The van der Waals surface area contributed by atoms with Gasteiger partial charge in [-0.15, -0.1) is 5.11 Å². The molecule has 2 N–H and O–H groups in total. The van der Waals surface area contributed by atoms with Crippen molar-refractivity contribution in [1.29, 1.82) is 0 Å². The summed E-state index contributed by atoms with van der Waals surface area (Å²) in [6.45, 7) is 6.26. The molecule has 0 saturated carbocycles. The van der Waals surface area contributed by atoms with Crippen LogP contribution in [0.5, 0.6) is 0 Å². The number of H-pyrrole nitrogens is 2. The second kappa shape index (κ2) is 8.88. The van der Waals surface area contributed by atoms with E-state index in [0.717, 1.165) is 55.0 Å². The van der Waals surface area contributed by atoms with E-state index in [1.54, 1.807) is 0 Å². The normalized spacial score (nSPS) is 14.5. The van der Waals surface area contributed by atoms with E-state index < -0.39 is 0 Å². The summed E-state index contributed by atoms with van der Waals surface area (Å²) in [5.74, 6) is 0. The van der Waals surface area contributed by atoms with Gasteiger partial charge in [0.1, 0.15) is 0 Å². The zero-order valence-electron chi connectivity index (χ0n) is 19.5. The molecule has 8 nitrogen and oxygen atoms in total. The van der Waals surface area contributed by atoms with Crippen LogP contribution in [0.15, 0.2) is 81.8 Å². The summed E-state index contributed by atoms with van der Waals surface area (Å²) < 4.78 is 7.73. The number of nitrogens with zero attached hydrogens (tertiary/aromatic N) is 4. The smallest absolute Gasteiger partial charge is 0.292 e. The van der Waals surface area contributed by atoms with Crippen LogP contribution in [0.4, 0.5) is 17.1 Å². The average molecular weight is 467 g/mol. The van der Waals surface area contributed by atoms with Gasteiger partial charge in [-0.25, -0.2) is 0 Å². The molecule has 176 valence electrons. The molecule has 8 heteroatoms. The average Bonchev–Trinajstić information content (AvgIpc) is 3.44. The summed E-state index contributed by atoms with van der Waals surface area (Å²) in [6.07, 6.45) is 0. The molecule has 0 aliphatic carbocycles. The van der Waals surface area contributed by atoms with Gasteiger partial charge in [-0.05, 0) is 43.3 Å². The van der Waals surface area contributed by atoms with E-state index in [2.05, 4.69) is 73.2 Å². The van der Waals surface area contributed by atoms with E-state index in [1.165, 1.54) is 10.9 Å². The number of anilines is 1. The fourth-order valence-electron chi connectivity index (χ4n) is 4.87. The molecule has 0 spiro atoms. The number of ether oxygens (including phenoxy) is 1. The van der Waals surface area contributed by atoms with Crippen LogP contribution in [0.1, 0.15) is 6.92 Å². The fraction of sp³-hybridized carbons (Fsp3) is 0.222. The molecule has 5 aromatic rings. The number of benzene rings is 3. The van der Waals surface area contributed by atoms with E-state index in [9.17, 15) is 4.79 Å². The second-order valence-corrected chi connectivity index (χ2v) is 8.61. The predicted octanol–water partition coefficient (Wildman–Crippen LogP) is 5.75. The minimum Gasteiger partial charge on any atom is -0.378 e. The monoisotopic (exact) mass is 466 g/mol. The number of para-hydroxylation sites is 1. The molecule has 6 rings (SSSR count). The van der Waals surface area contributed by atoms with Crippen LogP contribution in [0.25, 0.3) is 33.1 Å². The number of aryl methyl sites for hydroxylation is 1. The van der Waals surface area contributed by atoms with Gasteiger partial charge in [-0.1, -0.05) is 30.3 Å². The molecule has 3 heterocycles. The highest BCUT2D eigenvalue weighted by molar-refractivity contribution is 6.08. The van der Waals surface area contributed by atoms with Crippen molar-refractivity contribution >= 4 is 38.9 Å². The highest BCUT2D eigenvalue weighted by Crippen LogP contribution is 2.33. The Hall–Kier alpha value is -4.17. The van der Waals surface area contributed by atoms with Gasteiger partial charge in [0.25, 0.3) is 5.56 Å². The molecular formula is C27H26N6O2. The molecule has 1 aliphatic rings. The van der Waals surface area contributed by atoms with E-state index in [4.69, 9.17) is 4.74 Å².